The number of rotatable bonds is 5. The molecular formula is C17H20N2O4S. The van der Waals surface area contributed by atoms with Crippen LogP contribution in [0.2, 0.25) is 0 Å². The minimum atomic E-state index is -1.04. The van der Waals surface area contributed by atoms with Crippen LogP contribution in [0.15, 0.2) is 24.3 Å². The summed E-state index contributed by atoms with van der Waals surface area (Å²) in [5, 5.41) is 13.1. The van der Waals surface area contributed by atoms with Gasteiger partial charge in [-0.1, -0.05) is 0 Å². The van der Waals surface area contributed by atoms with Gasteiger partial charge in [0.1, 0.15) is 6.10 Å². The molecule has 1 N–H and O–H groups in total. The fraction of sp³-hybridized carbons (Fsp3) is 0.412. The number of hydrogen-bond donors (Lipinski definition) is 1. The van der Waals surface area contributed by atoms with Crippen molar-refractivity contribution in [2.45, 2.75) is 18.9 Å². The number of hydrogen-bond acceptors (Lipinski definition) is 5. The number of ether oxygens (including phenoxy) is 2. The highest BCUT2D eigenvalue weighted by Gasteiger charge is 2.19. The third-order valence-electron chi connectivity index (χ3n) is 4.02. The van der Waals surface area contributed by atoms with Crippen LogP contribution >= 0.6 is 11.8 Å². The number of aryl methyl sites for hydroxylation is 1. The van der Waals surface area contributed by atoms with Crippen LogP contribution in [-0.4, -0.2) is 45.6 Å². The van der Waals surface area contributed by atoms with Crippen molar-refractivity contribution in [2.24, 2.45) is 7.05 Å². The highest BCUT2D eigenvalue weighted by atomic mass is 32.2. The number of aromatic carboxylic acids is 1. The summed E-state index contributed by atoms with van der Waals surface area (Å²) in [4.78, 5) is 11.1. The van der Waals surface area contributed by atoms with Crippen molar-refractivity contribution >= 4 is 17.7 Å². The molecule has 1 aromatic carbocycles. The third-order valence-corrected chi connectivity index (χ3v) is 5.07. The van der Waals surface area contributed by atoms with Crippen LogP contribution in [0.25, 0.3) is 11.3 Å². The van der Waals surface area contributed by atoms with Crippen molar-refractivity contribution in [1.82, 2.24) is 9.78 Å². The van der Waals surface area contributed by atoms with Crippen molar-refractivity contribution in [3.05, 3.63) is 30.0 Å². The number of carboxylic acids is 1. The van der Waals surface area contributed by atoms with Crippen LogP contribution in [0.3, 0.4) is 0 Å². The van der Waals surface area contributed by atoms with E-state index in [1.54, 1.807) is 24.9 Å². The molecule has 0 amide bonds. The molecule has 24 heavy (non-hydrogen) atoms. The lowest BCUT2D eigenvalue weighted by atomic mass is 10.1. The first-order valence-electron chi connectivity index (χ1n) is 7.78. The average molecular weight is 348 g/mol. The second-order valence-corrected chi connectivity index (χ2v) is 6.86. The maximum atomic E-state index is 11.1. The molecule has 0 bridgehead atoms. The Balaban J connectivity index is 1.92. The van der Waals surface area contributed by atoms with E-state index in [4.69, 9.17) is 14.6 Å². The van der Waals surface area contributed by atoms with E-state index in [0.29, 0.717) is 11.5 Å². The SMILES string of the molecule is COc1ccc(-c2cc(C(=O)O)nn2C)cc1OC1CCSCC1. The van der Waals surface area contributed by atoms with Crippen molar-refractivity contribution in [2.75, 3.05) is 18.6 Å². The standard InChI is InChI=1S/C17H20N2O4S/c1-19-14(10-13(18-19)17(20)21)11-3-4-15(22-2)16(9-11)23-12-5-7-24-8-6-12/h3-4,9-10,12H,5-8H2,1-2H3,(H,20,21). The molecule has 7 heteroatoms. The first-order chi connectivity index (χ1) is 11.6. The number of nitrogens with zero attached hydrogens (tertiary/aromatic N) is 2. The average Bonchev–Trinajstić information content (AvgIpc) is 2.98. The van der Waals surface area contributed by atoms with Crippen LogP contribution in [0.1, 0.15) is 23.3 Å². The summed E-state index contributed by atoms with van der Waals surface area (Å²) in [6.45, 7) is 0. The zero-order valence-corrected chi connectivity index (χ0v) is 14.5. The number of carboxylic acid groups (broad SMARTS) is 1. The molecule has 6 nitrogen and oxygen atoms in total. The number of benzene rings is 1. The fourth-order valence-electron chi connectivity index (χ4n) is 2.74. The summed E-state index contributed by atoms with van der Waals surface area (Å²) in [5.41, 5.74) is 1.59. The number of carbonyl (C=O) groups is 1. The monoisotopic (exact) mass is 348 g/mol. The van der Waals surface area contributed by atoms with E-state index in [1.165, 1.54) is 0 Å². The van der Waals surface area contributed by atoms with Gasteiger partial charge in [0.25, 0.3) is 0 Å². The van der Waals surface area contributed by atoms with Crippen molar-refractivity contribution in [3.8, 4) is 22.8 Å². The zero-order chi connectivity index (χ0) is 17.1. The van der Waals surface area contributed by atoms with E-state index in [2.05, 4.69) is 5.10 Å². The second kappa shape index (κ2) is 7.17. The molecular weight excluding hydrogens is 328 g/mol. The molecule has 0 unspecified atom stereocenters. The minimum absolute atomic E-state index is 0.0232. The van der Waals surface area contributed by atoms with Crippen LogP contribution in [0, 0.1) is 0 Å². The Morgan fingerprint density at radius 3 is 2.67 bits per heavy atom. The van der Waals surface area contributed by atoms with E-state index in [1.807, 2.05) is 30.0 Å². The number of thioether (sulfide) groups is 1. The Hall–Kier alpha value is -2.15. The summed E-state index contributed by atoms with van der Waals surface area (Å²) in [6, 6.07) is 7.18. The molecule has 0 atom stereocenters. The molecule has 0 saturated carbocycles. The second-order valence-electron chi connectivity index (χ2n) is 5.64. The van der Waals surface area contributed by atoms with E-state index < -0.39 is 5.97 Å². The molecule has 1 fully saturated rings. The van der Waals surface area contributed by atoms with Gasteiger partial charge >= 0.3 is 5.97 Å². The Labute approximate surface area is 144 Å². The molecule has 128 valence electrons. The summed E-state index contributed by atoms with van der Waals surface area (Å²) in [6.07, 6.45) is 2.23. The normalized spacial score (nSPS) is 15.2. The summed E-state index contributed by atoms with van der Waals surface area (Å²) < 4.78 is 13.1. The van der Waals surface area contributed by atoms with Gasteiger partial charge < -0.3 is 14.6 Å². The van der Waals surface area contributed by atoms with Gasteiger partial charge in [-0.3, -0.25) is 4.68 Å². The van der Waals surface area contributed by atoms with Gasteiger partial charge in [0.2, 0.25) is 0 Å². The van der Waals surface area contributed by atoms with Gasteiger partial charge in [-0.15, -0.1) is 0 Å². The molecule has 0 spiro atoms. The largest absolute Gasteiger partial charge is 0.493 e. The Bertz CT molecular complexity index is 738. The molecule has 1 aromatic heterocycles. The van der Waals surface area contributed by atoms with Crippen molar-refractivity contribution in [1.29, 1.82) is 0 Å². The van der Waals surface area contributed by atoms with Gasteiger partial charge in [0.15, 0.2) is 17.2 Å². The van der Waals surface area contributed by atoms with Crippen LogP contribution in [0.4, 0.5) is 0 Å². The maximum absolute atomic E-state index is 11.1. The summed E-state index contributed by atoms with van der Waals surface area (Å²) >= 11 is 1.95. The quantitative estimate of drug-likeness (QED) is 0.895. The first kappa shape index (κ1) is 16.7. The highest BCUT2D eigenvalue weighted by molar-refractivity contribution is 7.99. The van der Waals surface area contributed by atoms with E-state index >= 15 is 0 Å². The molecule has 2 heterocycles. The van der Waals surface area contributed by atoms with Gasteiger partial charge in [-0.05, 0) is 48.6 Å². The smallest absolute Gasteiger partial charge is 0.356 e. The first-order valence-corrected chi connectivity index (χ1v) is 8.94. The molecule has 1 aliphatic heterocycles. The van der Waals surface area contributed by atoms with Crippen molar-refractivity contribution in [3.63, 3.8) is 0 Å². The van der Waals surface area contributed by atoms with Crippen molar-refractivity contribution < 1.29 is 19.4 Å². The number of methoxy groups -OCH3 is 1. The Morgan fingerprint density at radius 1 is 1.29 bits per heavy atom. The fourth-order valence-corrected chi connectivity index (χ4v) is 3.81. The topological polar surface area (TPSA) is 73.6 Å². The van der Waals surface area contributed by atoms with Crippen LogP contribution in [0.5, 0.6) is 11.5 Å². The molecule has 0 radical (unpaired) electrons. The van der Waals surface area contributed by atoms with Gasteiger partial charge in [0.05, 0.1) is 12.8 Å². The zero-order valence-electron chi connectivity index (χ0n) is 13.7. The molecule has 0 aliphatic carbocycles. The highest BCUT2D eigenvalue weighted by Crippen LogP contribution is 2.35. The van der Waals surface area contributed by atoms with Crippen LogP contribution in [-0.2, 0) is 7.05 Å². The van der Waals surface area contributed by atoms with Gasteiger partial charge in [0, 0.05) is 12.6 Å². The Kier molecular flexibility index (Phi) is 4.99. The molecule has 2 aromatic rings. The minimum Gasteiger partial charge on any atom is -0.493 e. The van der Waals surface area contributed by atoms with E-state index in [9.17, 15) is 4.79 Å². The van der Waals surface area contributed by atoms with Gasteiger partial charge in [-0.25, -0.2) is 4.79 Å². The lowest BCUT2D eigenvalue weighted by Crippen LogP contribution is -2.22. The van der Waals surface area contributed by atoms with Crippen LogP contribution < -0.4 is 9.47 Å². The lowest BCUT2D eigenvalue weighted by Gasteiger charge is -2.24. The molecule has 1 aliphatic rings. The predicted molar refractivity (Wildman–Crippen MR) is 93.1 cm³/mol. The maximum Gasteiger partial charge on any atom is 0.356 e. The predicted octanol–water partition coefficient (Wildman–Crippen LogP) is 3.07. The number of aromatic nitrogens is 2. The third kappa shape index (κ3) is 3.51. The molecule has 3 rings (SSSR count). The summed E-state index contributed by atoms with van der Waals surface area (Å²) in [7, 11) is 3.34. The molecule has 1 saturated heterocycles. The van der Waals surface area contributed by atoms with E-state index in [0.717, 1.165) is 35.6 Å². The summed E-state index contributed by atoms with van der Waals surface area (Å²) in [5.74, 6) is 2.54. The van der Waals surface area contributed by atoms with E-state index in [-0.39, 0.29) is 11.8 Å². The van der Waals surface area contributed by atoms with Gasteiger partial charge in [-0.2, -0.15) is 16.9 Å². The Morgan fingerprint density at radius 2 is 2.04 bits per heavy atom. The lowest BCUT2D eigenvalue weighted by molar-refractivity contribution is 0.0689.